The third-order valence-corrected chi connectivity index (χ3v) is 5.51. The fourth-order valence-corrected chi connectivity index (χ4v) is 3.99. The number of phenols is 1. The van der Waals surface area contributed by atoms with Crippen molar-refractivity contribution in [1.29, 1.82) is 0 Å². The van der Waals surface area contributed by atoms with Crippen LogP contribution in [0.4, 0.5) is 5.82 Å². The van der Waals surface area contributed by atoms with Gasteiger partial charge >= 0.3 is 0 Å². The average Bonchev–Trinajstić information content (AvgIpc) is 3.17. The Kier molecular flexibility index (Phi) is 5.54. The Morgan fingerprint density at radius 3 is 2.48 bits per heavy atom. The summed E-state index contributed by atoms with van der Waals surface area (Å²) in [4.78, 5) is 14.1. The number of nitrogens with zero attached hydrogens (tertiary/aromatic N) is 4. The smallest absolute Gasteiger partial charge is 0.250 e. The Morgan fingerprint density at radius 2 is 1.84 bits per heavy atom. The molecule has 0 amide bonds. The van der Waals surface area contributed by atoms with E-state index in [0.29, 0.717) is 17.3 Å². The maximum atomic E-state index is 11.9. The number of pyridine rings is 1. The molecule has 4 rings (SSSR count). The number of hydrogen-bond acceptors (Lipinski definition) is 6. The minimum Gasteiger partial charge on any atom is -0.507 e. The molecule has 7 heteroatoms. The van der Waals surface area contributed by atoms with E-state index in [4.69, 9.17) is 0 Å². The quantitative estimate of drug-likeness (QED) is 0.676. The van der Waals surface area contributed by atoms with Crippen molar-refractivity contribution in [1.82, 2.24) is 20.1 Å². The fraction of sp³-hybridized carbons (Fsp3) is 0.375. The molecule has 2 N–H and O–H groups in total. The summed E-state index contributed by atoms with van der Waals surface area (Å²) in [5.41, 5.74) is 2.76. The summed E-state index contributed by atoms with van der Waals surface area (Å²) in [5.74, 6) is 0.953. The minimum absolute atomic E-state index is 0.0899. The summed E-state index contributed by atoms with van der Waals surface area (Å²) in [6, 6.07) is 13.0. The van der Waals surface area contributed by atoms with E-state index in [1.165, 1.54) is 4.57 Å². The molecule has 31 heavy (non-hydrogen) atoms. The molecule has 0 bridgehead atoms. The van der Waals surface area contributed by atoms with Crippen molar-refractivity contribution in [2.75, 3.05) is 18.0 Å². The molecule has 7 nitrogen and oxygen atoms in total. The number of hydrogen-bond donors (Lipinski definition) is 2. The average molecular weight is 420 g/mol. The standard InChI is InChI=1S/C24H29N5O2/c1-24(2,3)25-18-10-12-29(15-18)22-8-7-20(26-27-22)19-6-5-16(13-21(19)30)17-9-11-28(4)23(31)14-17/h5-9,11,13-14,18,25,30H,10,12,15H2,1-4H3/t18-/m1/s1. The van der Waals surface area contributed by atoms with E-state index in [1.54, 1.807) is 25.4 Å². The van der Waals surface area contributed by atoms with Gasteiger partial charge in [0.1, 0.15) is 5.75 Å². The molecule has 2 aromatic heterocycles. The number of nitrogens with one attached hydrogen (secondary N) is 1. The van der Waals surface area contributed by atoms with Crippen molar-refractivity contribution in [3.8, 4) is 28.1 Å². The predicted octanol–water partition coefficient (Wildman–Crippen LogP) is 3.18. The van der Waals surface area contributed by atoms with Crippen LogP contribution in [0.1, 0.15) is 27.2 Å². The maximum absolute atomic E-state index is 11.9. The molecule has 162 valence electrons. The zero-order valence-corrected chi connectivity index (χ0v) is 18.5. The van der Waals surface area contributed by atoms with Crippen molar-refractivity contribution in [3.63, 3.8) is 0 Å². The second-order valence-corrected chi connectivity index (χ2v) is 9.20. The van der Waals surface area contributed by atoms with Crippen molar-refractivity contribution in [2.24, 2.45) is 7.05 Å². The van der Waals surface area contributed by atoms with Crippen molar-refractivity contribution < 1.29 is 5.11 Å². The number of aromatic nitrogens is 3. The molecular formula is C24H29N5O2. The lowest BCUT2D eigenvalue weighted by Gasteiger charge is -2.26. The van der Waals surface area contributed by atoms with Crippen LogP contribution in [0.25, 0.3) is 22.4 Å². The molecule has 0 saturated carbocycles. The second-order valence-electron chi connectivity index (χ2n) is 9.20. The van der Waals surface area contributed by atoms with E-state index in [-0.39, 0.29) is 16.8 Å². The molecule has 0 unspecified atom stereocenters. The summed E-state index contributed by atoms with van der Waals surface area (Å²) in [5, 5.41) is 23.0. The molecule has 1 aromatic carbocycles. The molecule has 0 aliphatic carbocycles. The zero-order valence-electron chi connectivity index (χ0n) is 18.5. The van der Waals surface area contributed by atoms with E-state index in [9.17, 15) is 9.90 Å². The summed E-state index contributed by atoms with van der Waals surface area (Å²) < 4.78 is 1.51. The lowest BCUT2D eigenvalue weighted by Crippen LogP contribution is -2.45. The van der Waals surface area contributed by atoms with E-state index in [1.807, 2.05) is 30.3 Å². The minimum atomic E-state index is -0.0932. The molecule has 3 heterocycles. The fourth-order valence-electron chi connectivity index (χ4n) is 3.99. The van der Waals surface area contributed by atoms with Crippen LogP contribution in [0, 0.1) is 0 Å². The number of rotatable bonds is 4. The van der Waals surface area contributed by atoms with Crippen LogP contribution in [-0.2, 0) is 7.05 Å². The van der Waals surface area contributed by atoms with Gasteiger partial charge in [-0.1, -0.05) is 6.07 Å². The van der Waals surface area contributed by atoms with Gasteiger partial charge in [0.15, 0.2) is 5.82 Å². The molecule has 1 aliphatic rings. The van der Waals surface area contributed by atoms with Gasteiger partial charge < -0.3 is 19.9 Å². The SMILES string of the molecule is Cn1ccc(-c2ccc(-c3ccc(N4CC[C@@H](NC(C)(C)C)C4)nn3)c(O)c2)cc1=O. The first-order chi connectivity index (χ1) is 14.7. The highest BCUT2D eigenvalue weighted by atomic mass is 16.3. The third kappa shape index (κ3) is 4.77. The summed E-state index contributed by atoms with van der Waals surface area (Å²) in [7, 11) is 1.71. The Hall–Kier alpha value is -3.19. The van der Waals surface area contributed by atoms with Gasteiger partial charge in [0.2, 0.25) is 0 Å². The monoisotopic (exact) mass is 419 g/mol. The largest absolute Gasteiger partial charge is 0.507 e. The normalized spacial score (nSPS) is 16.6. The van der Waals surface area contributed by atoms with Crippen LogP contribution < -0.4 is 15.8 Å². The lowest BCUT2D eigenvalue weighted by atomic mass is 10.0. The Morgan fingerprint density at radius 1 is 1.06 bits per heavy atom. The van der Waals surface area contributed by atoms with Gasteiger partial charge in [0.05, 0.1) is 5.69 Å². The van der Waals surface area contributed by atoms with Crippen LogP contribution in [0.2, 0.25) is 0 Å². The van der Waals surface area contributed by atoms with Crippen molar-refractivity contribution in [2.45, 2.75) is 38.8 Å². The van der Waals surface area contributed by atoms with Gasteiger partial charge in [-0.2, -0.15) is 0 Å². The first-order valence-electron chi connectivity index (χ1n) is 10.6. The zero-order chi connectivity index (χ0) is 22.2. The second kappa shape index (κ2) is 8.15. The number of aryl methyl sites for hydroxylation is 1. The highest BCUT2D eigenvalue weighted by Crippen LogP contribution is 2.32. The number of phenolic OH excluding ortho intramolecular Hbond substituents is 1. The molecule has 0 spiro atoms. The topological polar surface area (TPSA) is 83.3 Å². The maximum Gasteiger partial charge on any atom is 0.250 e. The van der Waals surface area contributed by atoms with Gasteiger partial charge in [-0.15, -0.1) is 10.2 Å². The molecule has 1 atom stereocenters. The van der Waals surface area contributed by atoms with Crippen LogP contribution in [-0.4, -0.2) is 44.5 Å². The van der Waals surface area contributed by atoms with Gasteiger partial charge in [0.25, 0.3) is 5.56 Å². The number of benzene rings is 1. The molecule has 1 saturated heterocycles. The first-order valence-corrected chi connectivity index (χ1v) is 10.6. The first kappa shape index (κ1) is 21.1. The van der Waals surface area contributed by atoms with Gasteiger partial charge in [-0.3, -0.25) is 4.79 Å². The van der Waals surface area contributed by atoms with Gasteiger partial charge in [0, 0.05) is 49.5 Å². The number of aromatic hydroxyl groups is 1. The Labute approximate surface area is 182 Å². The van der Waals surface area contributed by atoms with Crippen LogP contribution >= 0.6 is 0 Å². The van der Waals surface area contributed by atoms with E-state index < -0.39 is 0 Å². The molecule has 1 fully saturated rings. The van der Waals surface area contributed by atoms with Crippen LogP contribution in [0.15, 0.2) is 53.5 Å². The van der Waals surface area contributed by atoms with Crippen molar-refractivity contribution in [3.05, 3.63) is 59.0 Å². The van der Waals surface area contributed by atoms with Gasteiger partial charge in [-0.05, 0) is 68.7 Å². The van der Waals surface area contributed by atoms with Gasteiger partial charge in [-0.25, -0.2) is 0 Å². The summed E-state index contributed by atoms with van der Waals surface area (Å²) in [6.45, 7) is 8.39. The van der Waals surface area contributed by atoms with Crippen LogP contribution in [0.5, 0.6) is 5.75 Å². The molecular weight excluding hydrogens is 390 g/mol. The van der Waals surface area contributed by atoms with E-state index >= 15 is 0 Å². The molecule has 0 radical (unpaired) electrons. The third-order valence-electron chi connectivity index (χ3n) is 5.51. The van der Waals surface area contributed by atoms with Crippen molar-refractivity contribution >= 4 is 5.82 Å². The van der Waals surface area contributed by atoms with E-state index in [0.717, 1.165) is 36.5 Å². The van der Waals surface area contributed by atoms with Crippen LogP contribution in [0.3, 0.4) is 0 Å². The predicted molar refractivity (Wildman–Crippen MR) is 123 cm³/mol. The highest BCUT2D eigenvalue weighted by Gasteiger charge is 2.26. The molecule has 3 aromatic rings. The lowest BCUT2D eigenvalue weighted by molar-refractivity contribution is 0.373. The number of anilines is 1. The Bertz CT molecular complexity index is 1130. The summed E-state index contributed by atoms with van der Waals surface area (Å²) >= 11 is 0. The Balaban J connectivity index is 1.50. The highest BCUT2D eigenvalue weighted by molar-refractivity contribution is 5.74. The molecule has 1 aliphatic heterocycles. The summed E-state index contributed by atoms with van der Waals surface area (Å²) in [6.07, 6.45) is 2.79. The van der Waals surface area contributed by atoms with E-state index in [2.05, 4.69) is 41.2 Å².